The summed E-state index contributed by atoms with van der Waals surface area (Å²) in [5, 5.41) is 0. The molecule has 0 amide bonds. The molecule has 0 heterocycles. The molecule has 0 N–H and O–H groups in total. The molecule has 0 spiro atoms. The third-order valence-corrected chi connectivity index (χ3v) is 11.0. The highest BCUT2D eigenvalue weighted by atomic mass is 16.5. The highest BCUT2D eigenvalue weighted by molar-refractivity contribution is 6.10. The van der Waals surface area contributed by atoms with E-state index in [0.29, 0.717) is 33.4 Å². The Bertz CT molecular complexity index is 2430. The number of ether oxygens (including phenoxy) is 6. The second kappa shape index (κ2) is 20.3. The van der Waals surface area contributed by atoms with Crippen molar-refractivity contribution in [1.82, 2.24) is 0 Å². The van der Waals surface area contributed by atoms with Crippen molar-refractivity contribution < 1.29 is 57.2 Å². The number of fused-ring (bicyclic) bond motifs is 3. The highest BCUT2D eigenvalue weighted by Gasteiger charge is 2.28. The summed E-state index contributed by atoms with van der Waals surface area (Å²) >= 11 is 0. The summed E-state index contributed by atoms with van der Waals surface area (Å²) in [7, 11) is 0. The molecule has 0 unspecified atom stereocenters. The van der Waals surface area contributed by atoms with Crippen molar-refractivity contribution in [3.63, 3.8) is 0 Å². The van der Waals surface area contributed by atoms with Crippen LogP contribution in [0.5, 0.6) is 0 Å². The lowest BCUT2D eigenvalue weighted by Crippen LogP contribution is -2.05. The van der Waals surface area contributed by atoms with Crippen LogP contribution in [0, 0.1) is 0 Å². The Kier molecular flexibility index (Phi) is 14.2. The molecular formula is C54H48O12. The van der Waals surface area contributed by atoms with Gasteiger partial charge in [0.1, 0.15) is 0 Å². The van der Waals surface area contributed by atoms with Crippen molar-refractivity contribution in [3.05, 3.63) is 143 Å². The zero-order valence-electron chi connectivity index (χ0n) is 37.5. The molecule has 0 atom stereocenters. The van der Waals surface area contributed by atoms with E-state index in [4.69, 9.17) is 28.4 Å². The van der Waals surface area contributed by atoms with Crippen LogP contribution in [0.3, 0.4) is 0 Å². The Labute approximate surface area is 382 Å². The minimum Gasteiger partial charge on any atom is -0.462 e. The van der Waals surface area contributed by atoms with Crippen LogP contribution in [0.4, 0.5) is 0 Å². The van der Waals surface area contributed by atoms with Gasteiger partial charge in [-0.2, -0.15) is 0 Å². The molecule has 0 aliphatic heterocycles. The van der Waals surface area contributed by atoms with Crippen molar-refractivity contribution >= 4 is 35.8 Å². The van der Waals surface area contributed by atoms with Crippen LogP contribution in [0.15, 0.2) is 109 Å². The molecule has 66 heavy (non-hydrogen) atoms. The molecule has 0 radical (unpaired) electrons. The van der Waals surface area contributed by atoms with Crippen molar-refractivity contribution in [2.45, 2.75) is 41.5 Å². The summed E-state index contributed by atoms with van der Waals surface area (Å²) in [6.45, 7) is 11.1. The average Bonchev–Trinajstić information content (AvgIpc) is 3.78. The van der Waals surface area contributed by atoms with Gasteiger partial charge in [-0.1, -0.05) is 72.8 Å². The molecule has 0 fully saturated rings. The maximum Gasteiger partial charge on any atom is 0.338 e. The largest absolute Gasteiger partial charge is 0.462 e. The van der Waals surface area contributed by atoms with Crippen LogP contribution in [0.1, 0.15) is 104 Å². The van der Waals surface area contributed by atoms with Crippen LogP contribution in [-0.2, 0) is 28.4 Å². The quantitative estimate of drug-likeness (QED) is 0.0710. The fraction of sp³-hybridized carbons (Fsp3) is 0.222. The summed E-state index contributed by atoms with van der Waals surface area (Å²) in [5.41, 5.74) is 8.80. The van der Waals surface area contributed by atoms with Gasteiger partial charge in [0.05, 0.1) is 73.0 Å². The van der Waals surface area contributed by atoms with Gasteiger partial charge < -0.3 is 28.4 Å². The molecule has 0 aromatic heterocycles. The van der Waals surface area contributed by atoms with Gasteiger partial charge in [0.25, 0.3) is 0 Å². The molecule has 7 rings (SSSR count). The number of carbonyl (C=O) groups excluding carboxylic acids is 6. The topological polar surface area (TPSA) is 158 Å². The van der Waals surface area contributed by atoms with Gasteiger partial charge in [-0.3, -0.25) is 0 Å². The Morgan fingerprint density at radius 1 is 0.258 bits per heavy atom. The van der Waals surface area contributed by atoms with Crippen molar-refractivity contribution in [2.24, 2.45) is 0 Å². The first kappa shape index (κ1) is 46.1. The van der Waals surface area contributed by atoms with Gasteiger partial charge in [0.15, 0.2) is 0 Å². The smallest absolute Gasteiger partial charge is 0.338 e. The van der Waals surface area contributed by atoms with E-state index in [0.717, 1.165) is 33.4 Å². The molecule has 0 saturated carbocycles. The van der Waals surface area contributed by atoms with Crippen LogP contribution in [0.25, 0.3) is 66.8 Å². The lowest BCUT2D eigenvalue weighted by Gasteiger charge is -2.10. The van der Waals surface area contributed by atoms with E-state index in [-0.39, 0.29) is 73.0 Å². The predicted octanol–water partition coefficient (Wildman–Crippen LogP) is 11.1. The Balaban J connectivity index is 1.47. The summed E-state index contributed by atoms with van der Waals surface area (Å²) in [5.74, 6) is -3.44. The molecule has 0 saturated heterocycles. The molecule has 1 aromatic carbocycles. The summed E-state index contributed by atoms with van der Waals surface area (Å²) in [4.78, 5) is 79.1. The maximum absolute atomic E-state index is 13.2. The zero-order valence-corrected chi connectivity index (χ0v) is 37.5. The van der Waals surface area contributed by atoms with Gasteiger partial charge in [0.2, 0.25) is 0 Å². The van der Waals surface area contributed by atoms with Gasteiger partial charge >= 0.3 is 35.8 Å². The number of esters is 6. The lowest BCUT2D eigenvalue weighted by atomic mass is 9.94. The van der Waals surface area contributed by atoms with Crippen LogP contribution in [0.2, 0.25) is 0 Å². The Morgan fingerprint density at radius 2 is 0.424 bits per heavy atom. The first-order valence-corrected chi connectivity index (χ1v) is 21.9. The summed E-state index contributed by atoms with van der Waals surface area (Å²) in [6.07, 6.45) is 0. The fourth-order valence-corrected chi connectivity index (χ4v) is 8.02. The highest BCUT2D eigenvalue weighted by Crippen LogP contribution is 2.40. The van der Waals surface area contributed by atoms with Gasteiger partial charge in [-0.25, -0.2) is 28.8 Å². The van der Waals surface area contributed by atoms with Crippen molar-refractivity contribution in [2.75, 3.05) is 39.6 Å². The second-order valence-corrected chi connectivity index (χ2v) is 14.9. The SMILES string of the molecule is CCOC(=O)c1cc(C(=O)OCC)c2ccc(-c3cc(-c4ccc5c(C(=O)OCC)cc(C(=O)OCC)c-5cc4)cc(-c4ccc5c(C(=O)OCC)cc(C(=O)OCC)c-5cc4)c3)ccc1-2. The first-order valence-electron chi connectivity index (χ1n) is 21.9. The minimum atomic E-state index is -0.573. The van der Waals surface area contributed by atoms with Crippen LogP contribution >= 0.6 is 0 Å². The number of hydrogen-bond acceptors (Lipinski definition) is 12. The monoisotopic (exact) mass is 888 g/mol. The van der Waals surface area contributed by atoms with Crippen LogP contribution < -0.4 is 0 Å². The number of hydrogen-bond donors (Lipinski definition) is 0. The van der Waals surface area contributed by atoms with E-state index in [1.807, 2.05) is 54.6 Å². The molecule has 1 aromatic rings. The minimum absolute atomic E-state index is 0.145. The summed E-state index contributed by atoms with van der Waals surface area (Å²) in [6, 6.07) is 32.2. The predicted molar refractivity (Wildman–Crippen MR) is 248 cm³/mol. The van der Waals surface area contributed by atoms with E-state index in [1.54, 1.807) is 77.9 Å². The van der Waals surface area contributed by atoms with Crippen molar-refractivity contribution in [1.29, 1.82) is 0 Å². The van der Waals surface area contributed by atoms with Gasteiger partial charge in [-0.05, 0) is 145 Å². The third-order valence-electron chi connectivity index (χ3n) is 11.0. The van der Waals surface area contributed by atoms with E-state index in [1.165, 1.54) is 18.2 Å². The third kappa shape index (κ3) is 9.21. The second-order valence-electron chi connectivity index (χ2n) is 14.9. The standard InChI is InChI=1S/C54H48O12/c1-7-61-49(55)43-28-44(50(56)62-8-2)38-20-14-31(13-19-37(38)43)34-25-35(32-15-21-39-40(22-16-32)46(52(58)64-10-4)29-45(39)51(57)63-9-3)27-36(26-34)33-17-23-41-42(24-18-33)48(54(60)66-12-6)30-47(41)53(59)65-11-5/h13-30H,7-12H2,1-6H3. The zero-order chi connectivity index (χ0) is 47.1. The van der Waals surface area contributed by atoms with Crippen molar-refractivity contribution in [3.8, 4) is 66.8 Å². The number of carbonyl (C=O) groups is 6. The normalized spacial score (nSPS) is 11.0. The number of benzene rings is 1. The molecule has 6 aliphatic rings. The Morgan fingerprint density at radius 3 is 0.576 bits per heavy atom. The average molecular weight is 889 g/mol. The molecular weight excluding hydrogens is 841 g/mol. The van der Waals surface area contributed by atoms with Crippen LogP contribution in [-0.4, -0.2) is 75.5 Å². The van der Waals surface area contributed by atoms with E-state index >= 15 is 0 Å². The number of rotatable bonds is 15. The van der Waals surface area contributed by atoms with Gasteiger partial charge in [-0.15, -0.1) is 0 Å². The maximum atomic E-state index is 13.2. The van der Waals surface area contributed by atoms with E-state index in [9.17, 15) is 28.8 Å². The van der Waals surface area contributed by atoms with E-state index in [2.05, 4.69) is 0 Å². The molecule has 12 nitrogen and oxygen atoms in total. The molecule has 0 bridgehead atoms. The van der Waals surface area contributed by atoms with E-state index < -0.39 is 35.8 Å². The lowest BCUT2D eigenvalue weighted by molar-refractivity contribution is 0.0511. The fourth-order valence-electron chi connectivity index (χ4n) is 8.02. The molecule has 6 aliphatic carbocycles. The molecule has 12 heteroatoms. The Hall–Kier alpha value is -7.86. The van der Waals surface area contributed by atoms with Gasteiger partial charge in [0, 0.05) is 0 Å². The summed E-state index contributed by atoms with van der Waals surface area (Å²) < 4.78 is 32.2. The molecule has 336 valence electrons. The first-order chi connectivity index (χ1) is 32.0.